The molecule has 5 heteroatoms. The molecule has 0 fully saturated rings. The van der Waals surface area contributed by atoms with Gasteiger partial charge in [-0.2, -0.15) is 0 Å². The Morgan fingerprint density at radius 1 is 1.12 bits per heavy atom. The van der Waals surface area contributed by atoms with Gasteiger partial charge in [-0.1, -0.05) is 36.9 Å². The highest BCUT2D eigenvalue weighted by molar-refractivity contribution is 7.99. The van der Waals surface area contributed by atoms with E-state index >= 15 is 0 Å². The molecule has 0 saturated carbocycles. The number of hydrogen-bond donors (Lipinski definition) is 1. The molecule has 1 aliphatic rings. The van der Waals surface area contributed by atoms with Gasteiger partial charge in [0.05, 0.1) is 5.41 Å². The zero-order valence-corrected chi connectivity index (χ0v) is 16.1. The molecule has 2 aromatic carbocycles. The maximum absolute atomic E-state index is 11.9. The van der Waals surface area contributed by atoms with Gasteiger partial charge in [0, 0.05) is 15.4 Å². The van der Waals surface area contributed by atoms with E-state index in [2.05, 4.69) is 0 Å². The molecule has 1 N–H and O–H groups in total. The van der Waals surface area contributed by atoms with Crippen LogP contribution >= 0.6 is 11.8 Å². The third-order valence-corrected chi connectivity index (χ3v) is 5.91. The van der Waals surface area contributed by atoms with Crippen molar-refractivity contribution in [1.82, 2.24) is 0 Å². The van der Waals surface area contributed by atoms with Gasteiger partial charge in [0.15, 0.2) is 0 Å². The van der Waals surface area contributed by atoms with Crippen molar-refractivity contribution in [2.75, 3.05) is 13.2 Å². The zero-order valence-electron chi connectivity index (χ0n) is 15.3. The highest BCUT2D eigenvalue weighted by Gasteiger charge is 2.27. The van der Waals surface area contributed by atoms with E-state index in [4.69, 9.17) is 9.47 Å². The Labute approximate surface area is 158 Å². The second kappa shape index (κ2) is 7.72. The minimum atomic E-state index is -0.658. The molecule has 0 saturated heterocycles. The molecule has 0 aliphatic carbocycles. The van der Waals surface area contributed by atoms with Crippen molar-refractivity contribution in [2.45, 2.75) is 43.1 Å². The molecule has 0 amide bonds. The van der Waals surface area contributed by atoms with Crippen molar-refractivity contribution in [3.8, 4) is 5.75 Å². The first kappa shape index (κ1) is 18.8. The Hall–Kier alpha value is -1.98. The fraction of sp³-hybridized carbons (Fsp3) is 0.381. The summed E-state index contributed by atoms with van der Waals surface area (Å²) in [4.78, 5) is 14.0. The van der Waals surface area contributed by atoms with Crippen LogP contribution in [0.15, 0.2) is 52.3 Å². The minimum absolute atomic E-state index is 0.208. The number of fused-ring (bicyclic) bond motifs is 2. The summed E-state index contributed by atoms with van der Waals surface area (Å²) in [5, 5.41) is 10.7. The molecule has 0 aromatic heterocycles. The standard InChI is InChI=1S/C21H24O4S/c1-4-21(2,3)20(23)25-12-11-24-14-9-10-18-16(13-14)19(22)15-7-5-6-8-17(15)26-18/h5-10,13,19,22H,4,11-12H2,1-3H3. The van der Waals surface area contributed by atoms with Gasteiger partial charge >= 0.3 is 5.97 Å². The van der Waals surface area contributed by atoms with Crippen LogP contribution in [0.1, 0.15) is 44.4 Å². The molecule has 0 radical (unpaired) electrons. The van der Waals surface area contributed by atoms with E-state index in [0.29, 0.717) is 5.75 Å². The second-order valence-corrected chi connectivity index (χ2v) is 8.05. The SMILES string of the molecule is CCC(C)(C)C(=O)OCCOc1ccc2c(c1)C(O)c1ccccc1S2. The highest BCUT2D eigenvalue weighted by atomic mass is 32.2. The van der Waals surface area contributed by atoms with Crippen LogP contribution < -0.4 is 4.74 Å². The lowest BCUT2D eigenvalue weighted by Crippen LogP contribution is -2.27. The van der Waals surface area contributed by atoms with Crippen molar-refractivity contribution in [3.63, 3.8) is 0 Å². The monoisotopic (exact) mass is 372 g/mol. The average Bonchev–Trinajstić information content (AvgIpc) is 2.65. The third-order valence-electron chi connectivity index (χ3n) is 4.73. The molecule has 1 aliphatic heterocycles. The maximum atomic E-state index is 11.9. The number of carbonyl (C=O) groups excluding carboxylic acids is 1. The number of esters is 1. The summed E-state index contributed by atoms with van der Waals surface area (Å²) < 4.78 is 11.0. The predicted molar refractivity (Wildman–Crippen MR) is 102 cm³/mol. The zero-order chi connectivity index (χ0) is 18.7. The molecule has 4 nitrogen and oxygen atoms in total. The van der Waals surface area contributed by atoms with Crippen LogP contribution in [-0.2, 0) is 9.53 Å². The number of hydrogen-bond acceptors (Lipinski definition) is 5. The van der Waals surface area contributed by atoms with Gasteiger partial charge in [-0.25, -0.2) is 0 Å². The second-order valence-electron chi connectivity index (χ2n) is 6.96. The van der Waals surface area contributed by atoms with Gasteiger partial charge in [0.25, 0.3) is 0 Å². The van der Waals surface area contributed by atoms with E-state index in [1.165, 1.54) is 0 Å². The van der Waals surface area contributed by atoms with Gasteiger partial charge in [-0.3, -0.25) is 4.79 Å². The van der Waals surface area contributed by atoms with Gasteiger partial charge < -0.3 is 14.6 Å². The molecule has 2 aromatic rings. The number of benzene rings is 2. The number of carbonyl (C=O) groups is 1. The first-order valence-corrected chi connectivity index (χ1v) is 9.63. The Bertz CT molecular complexity index is 800. The fourth-order valence-corrected chi connectivity index (χ4v) is 3.75. The maximum Gasteiger partial charge on any atom is 0.311 e. The van der Waals surface area contributed by atoms with E-state index in [-0.39, 0.29) is 19.2 Å². The minimum Gasteiger partial charge on any atom is -0.490 e. The summed E-state index contributed by atoms with van der Waals surface area (Å²) in [5.41, 5.74) is 1.29. The van der Waals surface area contributed by atoms with E-state index in [0.717, 1.165) is 27.3 Å². The first-order chi connectivity index (χ1) is 12.4. The first-order valence-electron chi connectivity index (χ1n) is 8.81. The topological polar surface area (TPSA) is 55.8 Å². The Balaban J connectivity index is 1.61. The Morgan fingerprint density at radius 2 is 1.85 bits per heavy atom. The number of ether oxygens (including phenoxy) is 2. The normalized spacial score (nSPS) is 15.8. The lowest BCUT2D eigenvalue weighted by Gasteiger charge is -2.24. The predicted octanol–water partition coefficient (Wildman–Crippen LogP) is 4.59. The van der Waals surface area contributed by atoms with Gasteiger partial charge in [-0.05, 0) is 50.1 Å². The summed E-state index contributed by atoms with van der Waals surface area (Å²) in [6, 6.07) is 13.6. The molecule has 0 bridgehead atoms. The molecule has 1 atom stereocenters. The van der Waals surface area contributed by atoms with Crippen LogP contribution in [0, 0.1) is 5.41 Å². The van der Waals surface area contributed by atoms with Crippen LogP contribution in [0.5, 0.6) is 5.75 Å². The lowest BCUT2D eigenvalue weighted by molar-refractivity contribution is -0.154. The summed E-state index contributed by atoms with van der Waals surface area (Å²) in [6.07, 6.45) is 0.0725. The molecular weight excluding hydrogens is 348 g/mol. The molecule has 26 heavy (non-hydrogen) atoms. The van der Waals surface area contributed by atoms with Crippen LogP contribution in [0.4, 0.5) is 0 Å². The fourth-order valence-electron chi connectivity index (χ4n) is 2.64. The van der Waals surface area contributed by atoms with Crippen LogP contribution in [0.25, 0.3) is 0 Å². The average molecular weight is 372 g/mol. The summed E-state index contributed by atoms with van der Waals surface area (Å²) in [5.74, 6) is 0.450. The van der Waals surface area contributed by atoms with Crippen molar-refractivity contribution in [3.05, 3.63) is 53.6 Å². The van der Waals surface area contributed by atoms with Crippen molar-refractivity contribution >= 4 is 17.7 Å². The molecular formula is C21H24O4S. The molecule has 1 unspecified atom stereocenters. The van der Waals surface area contributed by atoms with Crippen molar-refractivity contribution in [2.24, 2.45) is 5.41 Å². The highest BCUT2D eigenvalue weighted by Crippen LogP contribution is 2.45. The van der Waals surface area contributed by atoms with Gasteiger partial charge in [-0.15, -0.1) is 0 Å². The largest absolute Gasteiger partial charge is 0.490 e. The molecule has 3 rings (SSSR count). The summed E-state index contributed by atoms with van der Waals surface area (Å²) >= 11 is 1.65. The number of aliphatic hydroxyl groups is 1. The Morgan fingerprint density at radius 3 is 2.62 bits per heavy atom. The van der Waals surface area contributed by atoms with Crippen molar-refractivity contribution in [1.29, 1.82) is 0 Å². The molecule has 1 heterocycles. The Kier molecular flexibility index (Phi) is 5.58. The lowest BCUT2D eigenvalue weighted by atomic mass is 9.91. The van der Waals surface area contributed by atoms with E-state index in [1.807, 2.05) is 63.2 Å². The summed E-state index contributed by atoms with van der Waals surface area (Å²) in [6.45, 7) is 6.20. The van der Waals surface area contributed by atoms with Crippen molar-refractivity contribution < 1.29 is 19.4 Å². The smallest absolute Gasteiger partial charge is 0.311 e. The molecule has 0 spiro atoms. The van der Waals surface area contributed by atoms with Crippen LogP contribution in [0.3, 0.4) is 0 Å². The van der Waals surface area contributed by atoms with Gasteiger partial charge in [0.2, 0.25) is 0 Å². The van der Waals surface area contributed by atoms with E-state index < -0.39 is 11.5 Å². The van der Waals surface area contributed by atoms with Crippen LogP contribution in [0.2, 0.25) is 0 Å². The number of rotatable bonds is 6. The van der Waals surface area contributed by atoms with E-state index in [1.54, 1.807) is 11.8 Å². The summed E-state index contributed by atoms with van der Waals surface area (Å²) in [7, 11) is 0. The third kappa shape index (κ3) is 3.89. The van der Waals surface area contributed by atoms with E-state index in [9.17, 15) is 9.90 Å². The number of aliphatic hydroxyl groups excluding tert-OH is 1. The van der Waals surface area contributed by atoms with Gasteiger partial charge in [0.1, 0.15) is 25.1 Å². The quantitative estimate of drug-likeness (QED) is 0.594. The molecule has 138 valence electrons. The van der Waals surface area contributed by atoms with Crippen LogP contribution in [-0.4, -0.2) is 24.3 Å².